The number of aromatic nitrogens is 1. The Bertz CT molecular complexity index is 1220. The quantitative estimate of drug-likeness (QED) is 0.427. The number of carbonyl (C=O) groups excluding carboxylic acids is 1. The molecule has 0 bridgehead atoms. The number of aryl methyl sites for hydroxylation is 3. The molecule has 0 radical (unpaired) electrons. The van der Waals surface area contributed by atoms with Crippen molar-refractivity contribution in [3.8, 4) is 11.8 Å². The zero-order chi connectivity index (χ0) is 23.5. The van der Waals surface area contributed by atoms with Crippen molar-refractivity contribution in [1.29, 1.82) is 5.26 Å². The number of para-hydroxylation sites is 2. The number of hydrogen-bond donors (Lipinski definition) is 0. The monoisotopic (exact) mass is 438 g/mol. The van der Waals surface area contributed by atoms with Crippen LogP contribution in [0.3, 0.4) is 0 Å². The molecule has 1 aliphatic rings. The van der Waals surface area contributed by atoms with Gasteiger partial charge < -0.3 is 14.4 Å². The van der Waals surface area contributed by atoms with Crippen LogP contribution in [0.15, 0.2) is 60.2 Å². The number of hydrogen-bond acceptors (Lipinski definition) is 3. The van der Waals surface area contributed by atoms with E-state index in [-0.39, 0.29) is 11.5 Å². The maximum atomic E-state index is 13.2. The molecule has 4 rings (SSSR count). The van der Waals surface area contributed by atoms with Gasteiger partial charge in [-0.3, -0.25) is 4.79 Å². The summed E-state index contributed by atoms with van der Waals surface area (Å²) >= 11 is 0. The zero-order valence-corrected chi connectivity index (χ0v) is 19.8. The fourth-order valence-corrected chi connectivity index (χ4v) is 4.71. The fourth-order valence-electron chi connectivity index (χ4n) is 4.71. The molecule has 33 heavy (non-hydrogen) atoms. The van der Waals surface area contributed by atoms with Crippen molar-refractivity contribution in [3.05, 3.63) is 88.2 Å². The molecular weight excluding hydrogens is 408 g/mol. The van der Waals surface area contributed by atoms with Gasteiger partial charge in [-0.25, -0.2) is 0 Å². The Hall–Kier alpha value is -3.78. The predicted octanol–water partition coefficient (Wildman–Crippen LogP) is 4.97. The average molecular weight is 439 g/mol. The lowest BCUT2D eigenvalue weighted by Gasteiger charge is -2.36. The highest BCUT2D eigenvalue weighted by Gasteiger charge is 2.24. The number of anilines is 1. The van der Waals surface area contributed by atoms with E-state index in [2.05, 4.69) is 72.7 Å². The van der Waals surface area contributed by atoms with Gasteiger partial charge in [0.1, 0.15) is 11.6 Å². The molecule has 1 fully saturated rings. The van der Waals surface area contributed by atoms with Crippen LogP contribution >= 0.6 is 0 Å². The van der Waals surface area contributed by atoms with E-state index in [0.717, 1.165) is 35.7 Å². The standard InChI is InChI=1S/C28H30N4O/c1-20-9-8-10-21(2)27(20)32-22(3)17-24(23(32)4)18-25(19-29)28(33)31-15-13-30(14-16-31)26-11-6-5-7-12-26/h5-12,17-18H,13-16H2,1-4H3/b25-18-. The first-order valence-corrected chi connectivity index (χ1v) is 11.4. The Morgan fingerprint density at radius 1 is 0.909 bits per heavy atom. The van der Waals surface area contributed by atoms with Crippen LogP contribution in [-0.4, -0.2) is 41.6 Å². The van der Waals surface area contributed by atoms with E-state index in [1.807, 2.05) is 25.1 Å². The third kappa shape index (κ3) is 4.42. The highest BCUT2D eigenvalue weighted by atomic mass is 16.2. The number of rotatable bonds is 4. The summed E-state index contributed by atoms with van der Waals surface area (Å²) in [7, 11) is 0. The van der Waals surface area contributed by atoms with Crippen molar-refractivity contribution in [1.82, 2.24) is 9.47 Å². The minimum absolute atomic E-state index is 0.185. The molecule has 2 aromatic carbocycles. The van der Waals surface area contributed by atoms with E-state index in [1.165, 1.54) is 16.8 Å². The highest BCUT2D eigenvalue weighted by molar-refractivity contribution is 6.02. The fraction of sp³-hybridized carbons (Fsp3) is 0.286. The number of carbonyl (C=O) groups is 1. The molecule has 3 aromatic rings. The van der Waals surface area contributed by atoms with Crippen LogP contribution in [0.5, 0.6) is 0 Å². The lowest BCUT2D eigenvalue weighted by Crippen LogP contribution is -2.49. The normalized spacial score (nSPS) is 14.3. The molecule has 2 heterocycles. The van der Waals surface area contributed by atoms with Crippen molar-refractivity contribution < 1.29 is 4.79 Å². The zero-order valence-electron chi connectivity index (χ0n) is 19.8. The summed E-state index contributed by atoms with van der Waals surface area (Å²) < 4.78 is 2.22. The predicted molar refractivity (Wildman–Crippen MR) is 134 cm³/mol. The van der Waals surface area contributed by atoms with Gasteiger partial charge in [0.05, 0.1) is 5.69 Å². The molecule has 0 aliphatic carbocycles. The summed E-state index contributed by atoms with van der Waals surface area (Å²) in [6.45, 7) is 11.1. The van der Waals surface area contributed by atoms with E-state index in [4.69, 9.17) is 0 Å². The number of benzene rings is 2. The molecule has 0 unspecified atom stereocenters. The third-order valence-electron chi connectivity index (χ3n) is 6.47. The number of amides is 1. The van der Waals surface area contributed by atoms with Crippen LogP contribution in [0.1, 0.15) is 28.1 Å². The smallest absolute Gasteiger partial charge is 0.264 e. The van der Waals surface area contributed by atoms with E-state index < -0.39 is 0 Å². The summed E-state index contributed by atoms with van der Waals surface area (Å²) in [6, 6.07) is 20.7. The summed E-state index contributed by atoms with van der Waals surface area (Å²) in [6.07, 6.45) is 1.75. The molecular formula is C28H30N4O. The van der Waals surface area contributed by atoms with Gasteiger partial charge >= 0.3 is 0 Å². The molecule has 1 saturated heterocycles. The Balaban J connectivity index is 1.56. The minimum atomic E-state index is -0.193. The molecule has 5 nitrogen and oxygen atoms in total. The van der Waals surface area contributed by atoms with Gasteiger partial charge in [0.25, 0.3) is 5.91 Å². The number of piperazine rings is 1. The first-order chi connectivity index (χ1) is 15.9. The molecule has 0 saturated carbocycles. The van der Waals surface area contributed by atoms with Gasteiger partial charge in [-0.1, -0.05) is 36.4 Å². The minimum Gasteiger partial charge on any atom is -0.368 e. The van der Waals surface area contributed by atoms with Gasteiger partial charge in [0.15, 0.2) is 0 Å². The largest absolute Gasteiger partial charge is 0.368 e. The van der Waals surface area contributed by atoms with Gasteiger partial charge in [-0.2, -0.15) is 5.26 Å². The van der Waals surface area contributed by atoms with E-state index in [1.54, 1.807) is 11.0 Å². The lowest BCUT2D eigenvalue weighted by atomic mass is 10.1. The summed E-state index contributed by atoms with van der Waals surface area (Å²) in [4.78, 5) is 17.2. The Morgan fingerprint density at radius 3 is 2.15 bits per heavy atom. The van der Waals surface area contributed by atoms with E-state index in [0.29, 0.717) is 13.1 Å². The second-order valence-electron chi connectivity index (χ2n) is 8.69. The molecule has 1 amide bonds. The molecule has 168 valence electrons. The van der Waals surface area contributed by atoms with Crippen molar-refractivity contribution in [2.45, 2.75) is 27.7 Å². The van der Waals surface area contributed by atoms with Gasteiger partial charge in [0.2, 0.25) is 0 Å². The Kier molecular flexibility index (Phi) is 6.37. The Labute approximate surface area is 196 Å². The van der Waals surface area contributed by atoms with Crippen molar-refractivity contribution in [2.24, 2.45) is 0 Å². The van der Waals surface area contributed by atoms with Crippen LogP contribution in [0.2, 0.25) is 0 Å². The topological polar surface area (TPSA) is 52.3 Å². The molecule has 5 heteroatoms. The van der Waals surface area contributed by atoms with E-state index >= 15 is 0 Å². The molecule has 0 spiro atoms. The van der Waals surface area contributed by atoms with E-state index in [9.17, 15) is 10.1 Å². The van der Waals surface area contributed by atoms with Crippen LogP contribution in [0, 0.1) is 39.0 Å². The first-order valence-electron chi connectivity index (χ1n) is 11.4. The number of nitrogens with zero attached hydrogens (tertiary/aromatic N) is 4. The van der Waals surface area contributed by atoms with Crippen LogP contribution in [0.4, 0.5) is 5.69 Å². The number of nitriles is 1. The SMILES string of the molecule is Cc1cccc(C)c1-n1c(C)cc(/C=C(/C#N)C(=O)N2CCN(c3ccccc3)CC2)c1C. The second kappa shape index (κ2) is 9.38. The van der Waals surface area contributed by atoms with Crippen LogP contribution < -0.4 is 4.90 Å². The van der Waals surface area contributed by atoms with Gasteiger partial charge in [0, 0.05) is 43.3 Å². The molecule has 0 N–H and O–H groups in total. The molecule has 0 atom stereocenters. The summed E-state index contributed by atoms with van der Waals surface area (Å²) in [5, 5.41) is 9.81. The van der Waals surface area contributed by atoms with Gasteiger partial charge in [-0.15, -0.1) is 0 Å². The maximum Gasteiger partial charge on any atom is 0.264 e. The molecule has 1 aromatic heterocycles. The maximum absolute atomic E-state index is 13.2. The first kappa shape index (κ1) is 22.4. The molecule has 1 aliphatic heterocycles. The summed E-state index contributed by atoms with van der Waals surface area (Å²) in [5.74, 6) is -0.193. The highest BCUT2D eigenvalue weighted by Crippen LogP contribution is 2.27. The van der Waals surface area contributed by atoms with Crippen molar-refractivity contribution in [3.63, 3.8) is 0 Å². The van der Waals surface area contributed by atoms with Gasteiger partial charge in [-0.05, 0) is 68.7 Å². The van der Waals surface area contributed by atoms with Crippen molar-refractivity contribution >= 4 is 17.7 Å². The Morgan fingerprint density at radius 2 is 1.55 bits per heavy atom. The van der Waals surface area contributed by atoms with Crippen LogP contribution in [-0.2, 0) is 4.79 Å². The lowest BCUT2D eigenvalue weighted by molar-refractivity contribution is -0.126. The summed E-state index contributed by atoms with van der Waals surface area (Å²) in [5.41, 5.74) is 7.92. The third-order valence-corrected chi connectivity index (χ3v) is 6.47. The van der Waals surface area contributed by atoms with Crippen molar-refractivity contribution in [2.75, 3.05) is 31.1 Å². The van der Waals surface area contributed by atoms with Crippen LogP contribution in [0.25, 0.3) is 11.8 Å². The average Bonchev–Trinajstić information content (AvgIpc) is 3.10. The second-order valence-corrected chi connectivity index (χ2v) is 8.69.